The average Bonchev–Trinajstić information content (AvgIpc) is 2.20. The molecule has 0 atom stereocenters. The van der Waals surface area contributed by atoms with Crippen molar-refractivity contribution in [3.63, 3.8) is 0 Å². The Morgan fingerprint density at radius 1 is 1.50 bits per heavy atom. The van der Waals surface area contributed by atoms with E-state index >= 15 is 0 Å². The minimum Gasteiger partial charge on any atom is -0.507 e. The molecular formula is C10H14BrNO2. The highest BCUT2D eigenvalue weighted by Crippen LogP contribution is 2.36. The van der Waals surface area contributed by atoms with Gasteiger partial charge < -0.3 is 15.2 Å². The molecule has 0 spiro atoms. The molecule has 0 saturated carbocycles. The van der Waals surface area contributed by atoms with Crippen molar-refractivity contribution in [1.29, 1.82) is 0 Å². The van der Waals surface area contributed by atoms with E-state index in [9.17, 15) is 5.11 Å². The molecule has 78 valence electrons. The summed E-state index contributed by atoms with van der Waals surface area (Å²) in [6.07, 6.45) is 0.874. The van der Waals surface area contributed by atoms with Gasteiger partial charge in [-0.05, 0) is 47.6 Å². The summed E-state index contributed by atoms with van der Waals surface area (Å²) in [5.74, 6) is 0.912. The number of hydrogen-bond donors (Lipinski definition) is 2. The molecule has 0 bridgehead atoms. The van der Waals surface area contributed by atoms with Crippen molar-refractivity contribution in [3.05, 3.63) is 22.2 Å². The van der Waals surface area contributed by atoms with E-state index in [1.54, 1.807) is 13.2 Å². The van der Waals surface area contributed by atoms with E-state index in [1.165, 1.54) is 0 Å². The topological polar surface area (TPSA) is 41.5 Å². The molecule has 4 heteroatoms. The molecule has 1 aromatic rings. The summed E-state index contributed by atoms with van der Waals surface area (Å²) >= 11 is 3.29. The zero-order chi connectivity index (χ0) is 10.6. The Balaban J connectivity index is 2.98. The summed E-state index contributed by atoms with van der Waals surface area (Å²) in [5, 5.41) is 12.5. The molecular weight excluding hydrogens is 246 g/mol. The number of nitrogens with one attached hydrogen (secondary N) is 1. The SMILES string of the molecule is CNCCc1ccc(O)c(Br)c1OC. The summed E-state index contributed by atoms with van der Waals surface area (Å²) in [4.78, 5) is 0. The van der Waals surface area contributed by atoms with Crippen LogP contribution in [0, 0.1) is 0 Å². The monoisotopic (exact) mass is 259 g/mol. The van der Waals surface area contributed by atoms with Gasteiger partial charge in [0.05, 0.1) is 7.11 Å². The summed E-state index contributed by atoms with van der Waals surface area (Å²) < 4.78 is 5.84. The number of likely N-dealkylation sites (N-methyl/N-ethyl adjacent to an activating group) is 1. The van der Waals surface area contributed by atoms with Crippen molar-refractivity contribution in [2.45, 2.75) is 6.42 Å². The van der Waals surface area contributed by atoms with E-state index in [1.807, 2.05) is 13.1 Å². The number of benzene rings is 1. The third-order valence-electron chi connectivity index (χ3n) is 2.01. The molecule has 0 aliphatic carbocycles. The highest BCUT2D eigenvalue weighted by molar-refractivity contribution is 9.10. The first kappa shape index (κ1) is 11.3. The maximum absolute atomic E-state index is 9.44. The van der Waals surface area contributed by atoms with Gasteiger partial charge in [-0.15, -0.1) is 0 Å². The van der Waals surface area contributed by atoms with Gasteiger partial charge in [-0.3, -0.25) is 0 Å². The van der Waals surface area contributed by atoms with Crippen LogP contribution in [0.4, 0.5) is 0 Å². The molecule has 14 heavy (non-hydrogen) atoms. The van der Waals surface area contributed by atoms with Crippen molar-refractivity contribution in [3.8, 4) is 11.5 Å². The van der Waals surface area contributed by atoms with Crippen molar-refractivity contribution in [2.24, 2.45) is 0 Å². The Morgan fingerprint density at radius 2 is 2.21 bits per heavy atom. The maximum Gasteiger partial charge on any atom is 0.140 e. The normalized spacial score (nSPS) is 10.2. The average molecular weight is 260 g/mol. The summed E-state index contributed by atoms with van der Waals surface area (Å²) in [6.45, 7) is 0.883. The summed E-state index contributed by atoms with van der Waals surface area (Å²) in [6, 6.07) is 3.54. The van der Waals surface area contributed by atoms with Crippen molar-refractivity contribution < 1.29 is 9.84 Å². The second kappa shape index (κ2) is 5.22. The lowest BCUT2D eigenvalue weighted by Crippen LogP contribution is -2.11. The number of phenols is 1. The van der Waals surface area contributed by atoms with E-state index < -0.39 is 0 Å². The highest BCUT2D eigenvalue weighted by atomic mass is 79.9. The molecule has 1 rings (SSSR count). The molecule has 3 nitrogen and oxygen atoms in total. The quantitative estimate of drug-likeness (QED) is 0.869. The van der Waals surface area contributed by atoms with Crippen LogP contribution in [0.2, 0.25) is 0 Å². The molecule has 0 heterocycles. The number of halogens is 1. The van der Waals surface area contributed by atoms with E-state index in [4.69, 9.17) is 4.74 Å². The predicted molar refractivity (Wildman–Crippen MR) is 60.0 cm³/mol. The number of methoxy groups -OCH3 is 1. The molecule has 1 aromatic carbocycles. The van der Waals surface area contributed by atoms with Gasteiger partial charge in [0.15, 0.2) is 0 Å². The Morgan fingerprint density at radius 3 is 2.79 bits per heavy atom. The Kier molecular flexibility index (Phi) is 4.22. The first-order valence-corrected chi connectivity index (χ1v) is 5.19. The van der Waals surface area contributed by atoms with Crippen LogP contribution in [-0.2, 0) is 6.42 Å². The third-order valence-corrected chi connectivity index (χ3v) is 2.77. The standard InChI is InChI=1S/C10H14BrNO2/c1-12-6-5-7-3-4-8(13)9(11)10(7)14-2/h3-4,12-13H,5-6H2,1-2H3. The molecule has 2 N–H and O–H groups in total. The van der Waals surface area contributed by atoms with Gasteiger partial charge in [-0.2, -0.15) is 0 Å². The Bertz CT molecular complexity index is 315. The minimum atomic E-state index is 0.204. The molecule has 0 unspecified atom stereocenters. The number of phenolic OH excluding ortho intramolecular Hbond substituents is 1. The molecule has 0 amide bonds. The molecule has 0 aromatic heterocycles. The van der Waals surface area contributed by atoms with Crippen molar-refractivity contribution in [1.82, 2.24) is 5.32 Å². The van der Waals surface area contributed by atoms with Gasteiger partial charge >= 0.3 is 0 Å². The van der Waals surface area contributed by atoms with Crippen LogP contribution in [0.25, 0.3) is 0 Å². The number of ether oxygens (including phenoxy) is 1. The van der Waals surface area contributed by atoms with Crippen molar-refractivity contribution >= 4 is 15.9 Å². The lowest BCUT2D eigenvalue weighted by atomic mass is 10.1. The van der Waals surface area contributed by atoms with E-state index in [0.29, 0.717) is 10.2 Å². The van der Waals surface area contributed by atoms with Crippen LogP contribution in [0.3, 0.4) is 0 Å². The lowest BCUT2D eigenvalue weighted by Gasteiger charge is -2.11. The number of hydrogen-bond acceptors (Lipinski definition) is 3. The van der Waals surface area contributed by atoms with E-state index in [0.717, 1.165) is 18.5 Å². The highest BCUT2D eigenvalue weighted by Gasteiger charge is 2.10. The van der Waals surface area contributed by atoms with Crippen LogP contribution in [0.5, 0.6) is 11.5 Å². The van der Waals surface area contributed by atoms with Gasteiger partial charge in [0, 0.05) is 0 Å². The largest absolute Gasteiger partial charge is 0.507 e. The van der Waals surface area contributed by atoms with Crippen LogP contribution in [0.1, 0.15) is 5.56 Å². The van der Waals surface area contributed by atoms with Crippen molar-refractivity contribution in [2.75, 3.05) is 20.7 Å². The Hall–Kier alpha value is -0.740. The third kappa shape index (κ3) is 2.39. The summed E-state index contributed by atoms with van der Waals surface area (Å²) in [7, 11) is 3.50. The maximum atomic E-state index is 9.44. The zero-order valence-electron chi connectivity index (χ0n) is 8.30. The molecule has 0 saturated heterocycles. The first-order valence-electron chi connectivity index (χ1n) is 4.39. The molecule has 0 aliphatic heterocycles. The van der Waals surface area contributed by atoms with Gasteiger partial charge in [0.1, 0.15) is 16.0 Å². The molecule has 0 fully saturated rings. The molecule has 0 radical (unpaired) electrons. The second-order valence-corrected chi connectivity index (χ2v) is 3.74. The smallest absolute Gasteiger partial charge is 0.140 e. The zero-order valence-corrected chi connectivity index (χ0v) is 9.89. The van der Waals surface area contributed by atoms with Crippen LogP contribution >= 0.6 is 15.9 Å². The predicted octanol–water partition coefficient (Wildman–Crippen LogP) is 1.93. The minimum absolute atomic E-state index is 0.204. The number of rotatable bonds is 4. The van der Waals surface area contributed by atoms with Crippen LogP contribution < -0.4 is 10.1 Å². The fourth-order valence-corrected chi connectivity index (χ4v) is 1.81. The molecule has 0 aliphatic rings. The summed E-state index contributed by atoms with van der Waals surface area (Å²) in [5.41, 5.74) is 1.08. The fourth-order valence-electron chi connectivity index (χ4n) is 1.26. The van der Waals surface area contributed by atoms with Gasteiger partial charge in [-0.1, -0.05) is 6.07 Å². The van der Waals surface area contributed by atoms with Gasteiger partial charge in [0.25, 0.3) is 0 Å². The van der Waals surface area contributed by atoms with Gasteiger partial charge in [0.2, 0.25) is 0 Å². The van der Waals surface area contributed by atoms with E-state index in [-0.39, 0.29) is 5.75 Å². The van der Waals surface area contributed by atoms with E-state index in [2.05, 4.69) is 21.2 Å². The number of aromatic hydroxyl groups is 1. The van der Waals surface area contributed by atoms with Crippen LogP contribution in [-0.4, -0.2) is 25.8 Å². The van der Waals surface area contributed by atoms with Gasteiger partial charge in [-0.25, -0.2) is 0 Å². The fraction of sp³-hybridized carbons (Fsp3) is 0.400. The lowest BCUT2D eigenvalue weighted by molar-refractivity contribution is 0.398. The first-order chi connectivity index (χ1) is 6.70. The Labute approximate surface area is 92.2 Å². The van der Waals surface area contributed by atoms with Crippen LogP contribution in [0.15, 0.2) is 16.6 Å². The second-order valence-electron chi connectivity index (χ2n) is 2.94.